The predicted octanol–water partition coefficient (Wildman–Crippen LogP) is 2.98. The quantitative estimate of drug-likeness (QED) is 0.698. The van der Waals surface area contributed by atoms with Crippen molar-refractivity contribution in [2.45, 2.75) is 18.4 Å². The molecule has 0 radical (unpaired) electrons. The number of aryl methyl sites for hydroxylation is 1. The highest BCUT2D eigenvalue weighted by atomic mass is 35.5. The van der Waals surface area contributed by atoms with Crippen LogP contribution in [0.25, 0.3) is 10.9 Å². The monoisotopic (exact) mass is 392 g/mol. The molecule has 0 unspecified atom stereocenters. The van der Waals surface area contributed by atoms with E-state index in [4.69, 9.17) is 16.3 Å². The van der Waals surface area contributed by atoms with E-state index in [9.17, 15) is 13.2 Å². The lowest BCUT2D eigenvalue weighted by Crippen LogP contribution is -2.27. The molecule has 0 aliphatic rings. The first-order valence-corrected chi connectivity index (χ1v) is 9.62. The molecule has 8 heteroatoms. The van der Waals surface area contributed by atoms with Crippen LogP contribution in [0.3, 0.4) is 0 Å². The fraction of sp³-hybridized carbons (Fsp3) is 0.167. The van der Waals surface area contributed by atoms with Gasteiger partial charge in [-0.3, -0.25) is 4.79 Å². The summed E-state index contributed by atoms with van der Waals surface area (Å²) in [6, 6.07) is 11.5. The van der Waals surface area contributed by atoms with Gasteiger partial charge in [-0.15, -0.1) is 0 Å². The molecule has 1 aromatic heterocycles. The van der Waals surface area contributed by atoms with E-state index in [1.165, 1.54) is 25.3 Å². The molecule has 0 amide bonds. The molecule has 0 bridgehead atoms. The third kappa shape index (κ3) is 3.75. The number of rotatable bonds is 5. The van der Waals surface area contributed by atoms with Crippen LogP contribution in [0, 0.1) is 6.92 Å². The molecule has 2 aromatic carbocycles. The number of benzene rings is 2. The van der Waals surface area contributed by atoms with E-state index in [0.29, 0.717) is 16.8 Å². The second-order valence-corrected chi connectivity index (χ2v) is 8.01. The summed E-state index contributed by atoms with van der Waals surface area (Å²) >= 11 is 5.99. The number of hydrogen-bond acceptors (Lipinski definition) is 4. The van der Waals surface area contributed by atoms with Crippen molar-refractivity contribution in [2.24, 2.45) is 0 Å². The normalized spacial score (nSPS) is 11.7. The van der Waals surface area contributed by atoms with Crippen molar-refractivity contribution in [3.05, 3.63) is 69.0 Å². The number of fused-ring (bicyclic) bond motifs is 1. The number of ether oxygens (including phenoxy) is 1. The van der Waals surface area contributed by atoms with E-state index in [2.05, 4.69) is 9.71 Å². The average molecular weight is 393 g/mol. The van der Waals surface area contributed by atoms with Crippen LogP contribution in [0.2, 0.25) is 5.02 Å². The Bertz CT molecular complexity index is 1140. The number of hydrogen-bond donors (Lipinski definition) is 2. The van der Waals surface area contributed by atoms with E-state index >= 15 is 0 Å². The Labute approximate surface area is 155 Å². The Morgan fingerprint density at radius 2 is 1.92 bits per heavy atom. The number of halogens is 1. The average Bonchev–Trinajstić information content (AvgIpc) is 2.60. The number of pyridine rings is 1. The smallest absolute Gasteiger partial charge is 0.252 e. The lowest BCUT2D eigenvalue weighted by molar-refractivity contribution is 0.414. The summed E-state index contributed by atoms with van der Waals surface area (Å²) in [6.45, 7) is 1.81. The first-order valence-electron chi connectivity index (χ1n) is 7.76. The third-order valence-electron chi connectivity index (χ3n) is 3.96. The van der Waals surface area contributed by atoms with Gasteiger partial charge in [-0.1, -0.05) is 23.2 Å². The van der Waals surface area contributed by atoms with Gasteiger partial charge in [0.1, 0.15) is 5.75 Å². The molecule has 3 rings (SSSR count). The standard InChI is InChI=1S/C18H17ClN2O4S/c1-11-3-5-16-12(7-11)8-13(18(22)21-16)10-20-26(23,24)14-4-6-17(25-2)15(19)9-14/h3-9,20H,10H2,1-2H3,(H,21,22). The predicted molar refractivity (Wildman–Crippen MR) is 101 cm³/mol. The van der Waals surface area contributed by atoms with Gasteiger partial charge in [-0.25, -0.2) is 13.1 Å². The lowest BCUT2D eigenvalue weighted by Gasteiger charge is -2.09. The molecule has 26 heavy (non-hydrogen) atoms. The van der Waals surface area contributed by atoms with E-state index in [-0.39, 0.29) is 22.0 Å². The van der Waals surface area contributed by atoms with E-state index < -0.39 is 10.0 Å². The summed E-state index contributed by atoms with van der Waals surface area (Å²) < 4.78 is 32.4. The van der Waals surface area contributed by atoms with Crippen LogP contribution >= 0.6 is 11.6 Å². The van der Waals surface area contributed by atoms with Crippen molar-refractivity contribution < 1.29 is 13.2 Å². The minimum atomic E-state index is -3.83. The Balaban J connectivity index is 1.88. The summed E-state index contributed by atoms with van der Waals surface area (Å²) in [5.74, 6) is 0.381. The minimum Gasteiger partial charge on any atom is -0.495 e. The van der Waals surface area contributed by atoms with E-state index in [1.807, 2.05) is 25.1 Å². The zero-order valence-corrected chi connectivity index (χ0v) is 15.7. The second kappa shape index (κ2) is 7.11. The van der Waals surface area contributed by atoms with Gasteiger partial charge >= 0.3 is 0 Å². The van der Waals surface area contributed by atoms with Crippen LogP contribution in [0.1, 0.15) is 11.1 Å². The van der Waals surface area contributed by atoms with Crippen LogP contribution in [0.4, 0.5) is 0 Å². The van der Waals surface area contributed by atoms with Gasteiger partial charge in [-0.2, -0.15) is 0 Å². The maximum Gasteiger partial charge on any atom is 0.252 e. The highest BCUT2D eigenvalue weighted by Crippen LogP contribution is 2.26. The summed E-state index contributed by atoms with van der Waals surface area (Å²) in [5, 5.41) is 1.03. The highest BCUT2D eigenvalue weighted by Gasteiger charge is 2.16. The van der Waals surface area contributed by atoms with Crippen molar-refractivity contribution in [2.75, 3.05) is 7.11 Å². The Hall–Kier alpha value is -2.35. The van der Waals surface area contributed by atoms with Gasteiger partial charge in [0.25, 0.3) is 5.56 Å². The van der Waals surface area contributed by atoms with Crippen LogP contribution in [-0.4, -0.2) is 20.5 Å². The summed E-state index contributed by atoms with van der Waals surface area (Å²) in [7, 11) is -2.38. The molecule has 0 aliphatic carbocycles. The zero-order valence-electron chi connectivity index (χ0n) is 14.2. The summed E-state index contributed by atoms with van der Waals surface area (Å²) in [6.07, 6.45) is 0. The number of aromatic nitrogens is 1. The topological polar surface area (TPSA) is 88.3 Å². The van der Waals surface area contributed by atoms with Crippen molar-refractivity contribution in [3.8, 4) is 5.75 Å². The maximum atomic E-state index is 12.5. The van der Waals surface area contributed by atoms with Crippen LogP contribution in [-0.2, 0) is 16.6 Å². The largest absolute Gasteiger partial charge is 0.495 e. The molecule has 1 heterocycles. The first kappa shape index (κ1) is 18.4. The van der Waals surface area contributed by atoms with Crippen molar-refractivity contribution >= 4 is 32.5 Å². The van der Waals surface area contributed by atoms with Gasteiger partial charge < -0.3 is 9.72 Å². The fourth-order valence-corrected chi connectivity index (χ4v) is 3.93. The van der Waals surface area contributed by atoms with Gasteiger partial charge in [0.2, 0.25) is 10.0 Å². The molecule has 0 spiro atoms. The van der Waals surface area contributed by atoms with Crippen LogP contribution in [0.5, 0.6) is 5.75 Å². The van der Waals surface area contributed by atoms with Gasteiger partial charge in [0, 0.05) is 17.6 Å². The number of nitrogens with one attached hydrogen (secondary N) is 2. The number of H-pyrrole nitrogens is 1. The van der Waals surface area contributed by atoms with Gasteiger partial charge in [0.05, 0.1) is 17.0 Å². The van der Waals surface area contributed by atoms with Crippen molar-refractivity contribution in [1.82, 2.24) is 9.71 Å². The Morgan fingerprint density at radius 1 is 1.15 bits per heavy atom. The molecule has 0 saturated heterocycles. The number of aromatic amines is 1. The molecule has 0 atom stereocenters. The molecule has 0 aliphatic heterocycles. The lowest BCUT2D eigenvalue weighted by atomic mass is 10.1. The fourth-order valence-electron chi connectivity index (χ4n) is 2.57. The first-order chi connectivity index (χ1) is 12.3. The van der Waals surface area contributed by atoms with Crippen molar-refractivity contribution in [3.63, 3.8) is 0 Å². The van der Waals surface area contributed by atoms with Gasteiger partial charge in [0.15, 0.2) is 0 Å². The Kier molecular flexibility index (Phi) is 5.04. The Morgan fingerprint density at radius 3 is 2.62 bits per heavy atom. The second-order valence-electron chi connectivity index (χ2n) is 5.84. The van der Waals surface area contributed by atoms with Crippen LogP contribution < -0.4 is 15.0 Å². The molecule has 0 fully saturated rings. The zero-order chi connectivity index (χ0) is 18.9. The van der Waals surface area contributed by atoms with E-state index in [1.54, 1.807) is 6.07 Å². The minimum absolute atomic E-state index is 0.00337. The van der Waals surface area contributed by atoms with E-state index in [0.717, 1.165) is 10.9 Å². The molecular formula is C18H17ClN2O4S. The molecule has 0 saturated carbocycles. The highest BCUT2D eigenvalue weighted by molar-refractivity contribution is 7.89. The number of methoxy groups -OCH3 is 1. The maximum absolute atomic E-state index is 12.5. The van der Waals surface area contributed by atoms with Crippen LogP contribution in [0.15, 0.2) is 52.2 Å². The number of sulfonamides is 1. The van der Waals surface area contributed by atoms with Crippen molar-refractivity contribution in [1.29, 1.82) is 0 Å². The molecule has 136 valence electrons. The molecular weight excluding hydrogens is 376 g/mol. The third-order valence-corrected chi connectivity index (χ3v) is 5.66. The molecule has 2 N–H and O–H groups in total. The van der Waals surface area contributed by atoms with Gasteiger partial charge in [-0.05, 0) is 48.7 Å². The molecule has 3 aromatic rings. The molecule has 6 nitrogen and oxygen atoms in total. The summed E-state index contributed by atoms with van der Waals surface area (Å²) in [4.78, 5) is 14.9. The SMILES string of the molecule is COc1ccc(S(=O)(=O)NCc2cc3cc(C)ccc3[nH]c2=O)cc1Cl. The summed E-state index contributed by atoms with van der Waals surface area (Å²) in [5.41, 5.74) is 1.74.